The molecule has 4 nitrogen and oxygen atoms in total. The van der Waals surface area contributed by atoms with E-state index >= 15 is 0 Å². The van der Waals surface area contributed by atoms with Crippen molar-refractivity contribution in [3.63, 3.8) is 0 Å². The molecule has 18 heavy (non-hydrogen) atoms. The fraction of sp³-hybridized carbons (Fsp3) is 0.500. The van der Waals surface area contributed by atoms with E-state index in [0.29, 0.717) is 11.4 Å². The van der Waals surface area contributed by atoms with Crippen LogP contribution in [0.2, 0.25) is 0 Å². The Balaban J connectivity index is 2.48. The minimum absolute atomic E-state index is 0.365. The summed E-state index contributed by atoms with van der Waals surface area (Å²) in [6.45, 7) is 3.97. The first-order valence-electron chi connectivity index (χ1n) is 5.90. The first-order valence-corrected chi connectivity index (χ1v) is 8.23. The SMILES string of the molecule is CNCCN1CC(C)S(=O)(=O)c2cc(Br)ccc21. The molecule has 6 heteroatoms. The van der Waals surface area contributed by atoms with Gasteiger partial charge in [0.25, 0.3) is 0 Å². The lowest BCUT2D eigenvalue weighted by atomic mass is 10.2. The van der Waals surface area contributed by atoms with Crippen LogP contribution in [-0.4, -0.2) is 40.3 Å². The number of fused-ring (bicyclic) bond motifs is 1. The van der Waals surface area contributed by atoms with Crippen LogP contribution in [-0.2, 0) is 9.84 Å². The number of anilines is 1. The first kappa shape index (κ1) is 13.8. The Labute approximate surface area is 116 Å². The second-order valence-corrected chi connectivity index (χ2v) is 7.77. The van der Waals surface area contributed by atoms with Crippen molar-refractivity contribution >= 4 is 31.5 Å². The van der Waals surface area contributed by atoms with E-state index in [-0.39, 0.29) is 5.25 Å². The van der Waals surface area contributed by atoms with Crippen LogP contribution in [0.4, 0.5) is 5.69 Å². The molecule has 1 aromatic rings. The minimum atomic E-state index is -3.19. The van der Waals surface area contributed by atoms with Crippen molar-refractivity contribution in [2.24, 2.45) is 0 Å². The van der Waals surface area contributed by atoms with Gasteiger partial charge in [0.1, 0.15) is 0 Å². The molecule has 0 amide bonds. The Morgan fingerprint density at radius 3 is 2.89 bits per heavy atom. The Morgan fingerprint density at radius 1 is 1.50 bits per heavy atom. The predicted octanol–water partition coefficient (Wildman–Crippen LogP) is 1.65. The van der Waals surface area contributed by atoms with Crippen molar-refractivity contribution < 1.29 is 8.42 Å². The molecule has 1 N–H and O–H groups in total. The van der Waals surface area contributed by atoms with Gasteiger partial charge in [0.15, 0.2) is 9.84 Å². The van der Waals surface area contributed by atoms with Crippen molar-refractivity contribution in [2.75, 3.05) is 31.6 Å². The topological polar surface area (TPSA) is 49.4 Å². The van der Waals surface area contributed by atoms with Crippen LogP contribution in [0.5, 0.6) is 0 Å². The summed E-state index contributed by atoms with van der Waals surface area (Å²) in [5.41, 5.74) is 0.812. The number of rotatable bonds is 3. The molecule has 1 aliphatic heterocycles. The summed E-state index contributed by atoms with van der Waals surface area (Å²) in [4.78, 5) is 2.57. The summed E-state index contributed by atoms with van der Waals surface area (Å²) in [6.07, 6.45) is 0. The van der Waals surface area contributed by atoms with Gasteiger partial charge >= 0.3 is 0 Å². The maximum atomic E-state index is 12.3. The summed E-state index contributed by atoms with van der Waals surface area (Å²) < 4.78 is 25.4. The van der Waals surface area contributed by atoms with E-state index < -0.39 is 9.84 Å². The Morgan fingerprint density at radius 2 is 2.22 bits per heavy atom. The summed E-state index contributed by atoms with van der Waals surface area (Å²) >= 11 is 3.34. The summed E-state index contributed by atoms with van der Waals surface area (Å²) in [5.74, 6) is 0. The van der Waals surface area contributed by atoms with Gasteiger partial charge in [-0.3, -0.25) is 0 Å². The Kier molecular flexibility index (Phi) is 3.99. The molecule has 0 saturated heterocycles. The number of hydrogen-bond donors (Lipinski definition) is 1. The largest absolute Gasteiger partial charge is 0.368 e. The number of benzene rings is 1. The zero-order valence-corrected chi connectivity index (χ0v) is 12.9. The van der Waals surface area contributed by atoms with Gasteiger partial charge in [-0.25, -0.2) is 8.42 Å². The second-order valence-electron chi connectivity index (χ2n) is 4.52. The van der Waals surface area contributed by atoms with E-state index in [1.807, 2.05) is 19.2 Å². The molecule has 1 atom stereocenters. The van der Waals surface area contributed by atoms with Gasteiger partial charge in [-0.2, -0.15) is 0 Å². The van der Waals surface area contributed by atoms with Crippen molar-refractivity contribution in [1.82, 2.24) is 5.32 Å². The summed E-state index contributed by atoms with van der Waals surface area (Å²) in [5, 5.41) is 2.73. The van der Waals surface area contributed by atoms with Gasteiger partial charge in [-0.1, -0.05) is 15.9 Å². The number of likely N-dealkylation sites (N-methyl/N-ethyl adjacent to an activating group) is 1. The Bertz CT molecular complexity index is 545. The Hall–Kier alpha value is -0.590. The van der Waals surface area contributed by atoms with Gasteiger partial charge < -0.3 is 10.2 Å². The van der Waals surface area contributed by atoms with Crippen LogP contribution < -0.4 is 10.2 Å². The third kappa shape index (κ3) is 2.41. The van der Waals surface area contributed by atoms with E-state index in [0.717, 1.165) is 23.2 Å². The van der Waals surface area contributed by atoms with Gasteiger partial charge in [0.05, 0.1) is 15.8 Å². The van der Waals surface area contributed by atoms with Crippen molar-refractivity contribution in [3.8, 4) is 0 Å². The monoisotopic (exact) mass is 332 g/mol. The molecule has 0 fully saturated rings. The molecule has 0 aliphatic carbocycles. The van der Waals surface area contributed by atoms with Crippen LogP contribution in [0.25, 0.3) is 0 Å². The lowest BCUT2D eigenvalue weighted by Gasteiger charge is -2.34. The number of nitrogens with zero attached hydrogens (tertiary/aromatic N) is 1. The van der Waals surface area contributed by atoms with Gasteiger partial charge in [-0.15, -0.1) is 0 Å². The molecule has 2 rings (SSSR count). The highest BCUT2D eigenvalue weighted by Gasteiger charge is 2.34. The number of halogens is 1. The van der Waals surface area contributed by atoms with Gasteiger partial charge in [-0.05, 0) is 32.2 Å². The quantitative estimate of drug-likeness (QED) is 0.914. The smallest absolute Gasteiger partial charge is 0.184 e. The lowest BCUT2D eigenvalue weighted by Crippen LogP contribution is -2.43. The average molecular weight is 333 g/mol. The highest BCUT2D eigenvalue weighted by atomic mass is 79.9. The van der Waals surface area contributed by atoms with Crippen LogP contribution in [0.3, 0.4) is 0 Å². The van der Waals surface area contributed by atoms with Crippen LogP contribution in [0.15, 0.2) is 27.6 Å². The molecule has 1 heterocycles. The molecule has 1 aromatic carbocycles. The molecule has 0 radical (unpaired) electrons. The number of nitrogens with one attached hydrogen (secondary N) is 1. The van der Waals surface area contributed by atoms with Crippen molar-refractivity contribution in [3.05, 3.63) is 22.7 Å². The van der Waals surface area contributed by atoms with Gasteiger partial charge in [0, 0.05) is 24.1 Å². The predicted molar refractivity (Wildman–Crippen MR) is 76.9 cm³/mol. The molecule has 1 unspecified atom stereocenters. The maximum Gasteiger partial charge on any atom is 0.184 e. The normalized spacial score (nSPS) is 21.7. The standard InChI is InChI=1S/C12H17BrN2O2S/c1-9-8-15(6-5-14-2)11-4-3-10(13)7-12(11)18(9,16)17/h3-4,7,9,14H,5-6,8H2,1-2H3. The fourth-order valence-electron chi connectivity index (χ4n) is 2.16. The van der Waals surface area contributed by atoms with Crippen LogP contribution >= 0.6 is 15.9 Å². The third-order valence-corrected chi connectivity index (χ3v) is 5.85. The fourth-order valence-corrected chi connectivity index (χ4v) is 4.26. The maximum absolute atomic E-state index is 12.3. The van der Waals surface area contributed by atoms with E-state index in [9.17, 15) is 8.42 Å². The van der Waals surface area contributed by atoms with Crippen molar-refractivity contribution in [1.29, 1.82) is 0 Å². The van der Waals surface area contributed by atoms with E-state index in [1.165, 1.54) is 0 Å². The van der Waals surface area contributed by atoms with Crippen molar-refractivity contribution in [2.45, 2.75) is 17.1 Å². The minimum Gasteiger partial charge on any atom is -0.368 e. The van der Waals surface area contributed by atoms with E-state index in [4.69, 9.17) is 0 Å². The third-order valence-electron chi connectivity index (χ3n) is 3.21. The average Bonchev–Trinajstić information content (AvgIpc) is 2.33. The molecule has 0 aromatic heterocycles. The first-order chi connectivity index (χ1) is 8.46. The molecule has 100 valence electrons. The lowest BCUT2D eigenvalue weighted by molar-refractivity contribution is 0.571. The molecular weight excluding hydrogens is 316 g/mol. The highest BCUT2D eigenvalue weighted by molar-refractivity contribution is 9.10. The van der Waals surface area contributed by atoms with E-state index in [2.05, 4.69) is 26.1 Å². The number of sulfone groups is 1. The van der Waals surface area contributed by atoms with Gasteiger partial charge in [0.2, 0.25) is 0 Å². The molecular formula is C12H17BrN2O2S. The zero-order valence-electron chi connectivity index (χ0n) is 10.5. The molecule has 0 bridgehead atoms. The summed E-state index contributed by atoms with van der Waals surface area (Å²) in [7, 11) is -1.30. The molecule has 0 saturated carbocycles. The molecule has 1 aliphatic rings. The summed E-state index contributed by atoms with van der Waals surface area (Å²) in [6, 6.07) is 5.46. The second kappa shape index (κ2) is 5.19. The molecule has 0 spiro atoms. The van der Waals surface area contributed by atoms with Crippen LogP contribution in [0, 0.1) is 0 Å². The van der Waals surface area contributed by atoms with E-state index in [1.54, 1.807) is 13.0 Å². The zero-order chi connectivity index (χ0) is 13.3. The number of hydrogen-bond acceptors (Lipinski definition) is 4. The van der Waals surface area contributed by atoms with Crippen LogP contribution in [0.1, 0.15) is 6.92 Å². The highest BCUT2D eigenvalue weighted by Crippen LogP contribution is 2.35.